The third kappa shape index (κ3) is 4.22. The molecule has 1 rings (SSSR count). The molecule has 1 N–H and O–H groups in total. The van der Waals surface area contributed by atoms with Crippen LogP contribution in [-0.4, -0.2) is 52.4 Å². The van der Waals surface area contributed by atoms with Crippen LogP contribution < -0.4 is 0 Å². The summed E-state index contributed by atoms with van der Waals surface area (Å²) in [4.78, 5) is 23.9. The molecule has 1 aliphatic heterocycles. The van der Waals surface area contributed by atoms with E-state index in [1.165, 1.54) is 17.0 Å². The Morgan fingerprint density at radius 1 is 1.47 bits per heavy atom. The second kappa shape index (κ2) is 6.54. The van der Waals surface area contributed by atoms with Gasteiger partial charge in [-0.2, -0.15) is 5.10 Å². The highest BCUT2D eigenvalue weighted by Gasteiger charge is 2.30. The molecule has 108 valence electrons. The van der Waals surface area contributed by atoms with Crippen LogP contribution in [0.5, 0.6) is 0 Å². The number of amides is 2. The van der Waals surface area contributed by atoms with Gasteiger partial charge in [-0.05, 0) is 25.7 Å². The summed E-state index contributed by atoms with van der Waals surface area (Å²) in [5.74, 6) is 0.572. The molecular weight excluding hydrogens is 246 g/mol. The summed E-state index contributed by atoms with van der Waals surface area (Å²) in [7, 11) is 1.49. The van der Waals surface area contributed by atoms with E-state index in [4.69, 9.17) is 5.11 Å². The van der Waals surface area contributed by atoms with Crippen molar-refractivity contribution in [2.75, 3.05) is 13.6 Å². The zero-order valence-electron chi connectivity index (χ0n) is 12.1. The lowest BCUT2D eigenvalue weighted by atomic mass is 10.1. The maximum atomic E-state index is 11.8. The van der Waals surface area contributed by atoms with Gasteiger partial charge < -0.3 is 10.0 Å². The summed E-state index contributed by atoms with van der Waals surface area (Å²) in [5, 5.41) is 14.7. The number of carbonyl (C=O) groups excluding carboxylic acids is 1. The Balaban J connectivity index is 2.57. The minimum absolute atomic E-state index is 0.0376. The van der Waals surface area contributed by atoms with Crippen LogP contribution in [0.25, 0.3) is 0 Å². The number of nitrogens with zero attached hydrogens (tertiary/aromatic N) is 3. The summed E-state index contributed by atoms with van der Waals surface area (Å²) >= 11 is 0. The number of carboxylic acid groups (broad SMARTS) is 1. The molecule has 1 aliphatic rings. The minimum Gasteiger partial charge on any atom is -0.465 e. The van der Waals surface area contributed by atoms with Crippen molar-refractivity contribution in [1.82, 2.24) is 9.91 Å². The molecule has 0 saturated carbocycles. The highest BCUT2D eigenvalue weighted by Crippen LogP contribution is 2.15. The van der Waals surface area contributed by atoms with Crippen molar-refractivity contribution in [1.29, 1.82) is 0 Å². The number of rotatable bonds is 6. The average Bonchev–Trinajstić information content (AvgIpc) is 2.68. The van der Waals surface area contributed by atoms with Crippen LogP contribution in [0, 0.1) is 5.92 Å². The molecule has 0 aromatic carbocycles. The standard InChI is InChI=1S/C13H23N3O3/c1-9(2)6-5-7-16-12(17)8-11(14-16)10(3)15(4)13(18)19/h9-10H,5-8H2,1-4H3,(H,18,19). The number of carbonyl (C=O) groups is 2. The molecule has 19 heavy (non-hydrogen) atoms. The maximum absolute atomic E-state index is 11.8. The quantitative estimate of drug-likeness (QED) is 0.801. The van der Waals surface area contributed by atoms with Gasteiger partial charge in [-0.3, -0.25) is 4.79 Å². The highest BCUT2D eigenvalue weighted by molar-refractivity contribution is 6.07. The predicted octanol–water partition coefficient (Wildman–Crippen LogP) is 2.01. The predicted molar refractivity (Wildman–Crippen MR) is 73.1 cm³/mol. The number of hydrogen-bond donors (Lipinski definition) is 1. The molecule has 0 fully saturated rings. The van der Waals surface area contributed by atoms with Gasteiger partial charge in [0.05, 0.1) is 18.2 Å². The third-order valence-electron chi connectivity index (χ3n) is 3.39. The van der Waals surface area contributed by atoms with Crippen LogP contribution in [0.15, 0.2) is 5.10 Å². The van der Waals surface area contributed by atoms with Gasteiger partial charge >= 0.3 is 6.09 Å². The van der Waals surface area contributed by atoms with Gasteiger partial charge in [0, 0.05) is 13.6 Å². The van der Waals surface area contributed by atoms with E-state index in [0.717, 1.165) is 12.8 Å². The first-order valence-electron chi connectivity index (χ1n) is 6.66. The van der Waals surface area contributed by atoms with Crippen molar-refractivity contribution in [2.45, 2.75) is 46.1 Å². The van der Waals surface area contributed by atoms with Gasteiger partial charge in [-0.25, -0.2) is 9.80 Å². The topological polar surface area (TPSA) is 73.2 Å². The second-order valence-corrected chi connectivity index (χ2v) is 5.39. The fourth-order valence-electron chi connectivity index (χ4n) is 1.94. The molecule has 0 spiro atoms. The van der Waals surface area contributed by atoms with Crippen LogP contribution in [0.4, 0.5) is 4.79 Å². The molecule has 0 aliphatic carbocycles. The zero-order valence-corrected chi connectivity index (χ0v) is 12.1. The van der Waals surface area contributed by atoms with Crippen LogP contribution in [-0.2, 0) is 4.79 Å². The zero-order chi connectivity index (χ0) is 14.6. The van der Waals surface area contributed by atoms with Gasteiger partial charge in [-0.1, -0.05) is 13.8 Å². The molecule has 0 radical (unpaired) electrons. The molecule has 0 saturated heterocycles. The lowest BCUT2D eigenvalue weighted by Crippen LogP contribution is -2.39. The summed E-state index contributed by atoms with van der Waals surface area (Å²) in [6.07, 6.45) is 1.18. The molecule has 0 aromatic rings. The first-order valence-corrected chi connectivity index (χ1v) is 6.66. The third-order valence-corrected chi connectivity index (χ3v) is 3.39. The van der Waals surface area contributed by atoms with Crippen LogP contribution >= 0.6 is 0 Å². The number of hydrogen-bond acceptors (Lipinski definition) is 3. The fraction of sp³-hybridized carbons (Fsp3) is 0.769. The Bertz CT molecular complexity index is 379. The van der Waals surface area contributed by atoms with E-state index in [1.54, 1.807) is 6.92 Å². The van der Waals surface area contributed by atoms with Crippen molar-refractivity contribution < 1.29 is 14.7 Å². The van der Waals surface area contributed by atoms with E-state index in [0.29, 0.717) is 18.2 Å². The van der Waals surface area contributed by atoms with Crippen molar-refractivity contribution in [3.63, 3.8) is 0 Å². The summed E-state index contributed by atoms with van der Waals surface area (Å²) in [6.45, 7) is 6.65. The molecule has 2 amide bonds. The molecule has 6 heteroatoms. The van der Waals surface area contributed by atoms with Gasteiger partial charge in [-0.15, -0.1) is 0 Å². The van der Waals surface area contributed by atoms with Crippen molar-refractivity contribution in [2.24, 2.45) is 11.0 Å². The lowest BCUT2D eigenvalue weighted by Gasteiger charge is -2.20. The fourth-order valence-corrected chi connectivity index (χ4v) is 1.94. The Labute approximate surface area is 114 Å². The molecule has 0 aromatic heterocycles. The molecule has 1 unspecified atom stereocenters. The SMILES string of the molecule is CC(C)CCCN1N=C(C(C)N(C)C(=O)O)CC1=O. The van der Waals surface area contributed by atoms with E-state index in [2.05, 4.69) is 18.9 Å². The molecule has 6 nitrogen and oxygen atoms in total. The average molecular weight is 269 g/mol. The molecular formula is C13H23N3O3. The van der Waals surface area contributed by atoms with Crippen LogP contribution in [0.3, 0.4) is 0 Å². The monoisotopic (exact) mass is 269 g/mol. The van der Waals surface area contributed by atoms with E-state index in [9.17, 15) is 9.59 Å². The normalized spacial score (nSPS) is 16.8. The Morgan fingerprint density at radius 2 is 2.11 bits per heavy atom. The second-order valence-electron chi connectivity index (χ2n) is 5.39. The van der Waals surface area contributed by atoms with E-state index < -0.39 is 6.09 Å². The Kier molecular flexibility index (Phi) is 5.32. The molecule has 1 atom stereocenters. The molecule has 0 bridgehead atoms. The smallest absolute Gasteiger partial charge is 0.407 e. The largest absolute Gasteiger partial charge is 0.465 e. The van der Waals surface area contributed by atoms with Crippen LogP contribution in [0.2, 0.25) is 0 Å². The van der Waals surface area contributed by atoms with Crippen molar-refractivity contribution in [3.05, 3.63) is 0 Å². The highest BCUT2D eigenvalue weighted by atomic mass is 16.4. The van der Waals surface area contributed by atoms with Gasteiger partial charge in [0.25, 0.3) is 0 Å². The van der Waals surface area contributed by atoms with Gasteiger partial charge in [0.2, 0.25) is 5.91 Å². The van der Waals surface area contributed by atoms with E-state index in [-0.39, 0.29) is 18.4 Å². The number of hydrazone groups is 1. The van der Waals surface area contributed by atoms with Gasteiger partial charge in [0.1, 0.15) is 0 Å². The van der Waals surface area contributed by atoms with E-state index in [1.807, 2.05) is 0 Å². The summed E-state index contributed by atoms with van der Waals surface area (Å²) in [5.41, 5.74) is 0.624. The molecule has 1 heterocycles. The summed E-state index contributed by atoms with van der Waals surface area (Å²) in [6, 6.07) is -0.364. The Morgan fingerprint density at radius 3 is 2.63 bits per heavy atom. The first kappa shape index (κ1) is 15.5. The minimum atomic E-state index is -1.01. The maximum Gasteiger partial charge on any atom is 0.407 e. The van der Waals surface area contributed by atoms with Gasteiger partial charge in [0.15, 0.2) is 0 Å². The first-order chi connectivity index (χ1) is 8.82. The van der Waals surface area contributed by atoms with E-state index >= 15 is 0 Å². The Hall–Kier alpha value is -1.59. The van der Waals surface area contributed by atoms with Crippen molar-refractivity contribution >= 4 is 17.7 Å². The summed E-state index contributed by atoms with van der Waals surface area (Å²) < 4.78 is 0. The van der Waals surface area contributed by atoms with Crippen molar-refractivity contribution in [3.8, 4) is 0 Å². The van der Waals surface area contributed by atoms with Crippen LogP contribution in [0.1, 0.15) is 40.0 Å². The lowest BCUT2D eigenvalue weighted by molar-refractivity contribution is -0.128.